The number of carbonyl (C=O) groups is 2. The maximum atomic E-state index is 12.8. The van der Waals surface area contributed by atoms with Gasteiger partial charge < -0.3 is 14.9 Å². The normalized spacial score (nSPS) is 23.3. The average molecular weight is 403 g/mol. The molecule has 160 valence electrons. The van der Waals surface area contributed by atoms with Gasteiger partial charge in [0.15, 0.2) is 0 Å². The highest BCUT2D eigenvalue weighted by atomic mass is 16.3. The zero-order valence-electron chi connectivity index (χ0n) is 17.7. The van der Waals surface area contributed by atoms with E-state index in [0.717, 1.165) is 51.9 Å². The molecule has 1 saturated carbocycles. The number of amides is 1. The van der Waals surface area contributed by atoms with Gasteiger partial charge in [0.1, 0.15) is 0 Å². The molecule has 0 bridgehead atoms. The van der Waals surface area contributed by atoms with E-state index in [9.17, 15) is 4.79 Å². The van der Waals surface area contributed by atoms with Gasteiger partial charge in [0, 0.05) is 63.6 Å². The van der Waals surface area contributed by atoms with Crippen LogP contribution in [0.5, 0.6) is 0 Å². The molecule has 1 aromatic carbocycles. The highest BCUT2D eigenvalue weighted by Crippen LogP contribution is 2.28. The number of piperazine rings is 2. The Morgan fingerprint density at radius 1 is 1.14 bits per heavy atom. The maximum absolute atomic E-state index is 12.8. The largest absolute Gasteiger partial charge is 0.483 e. The van der Waals surface area contributed by atoms with Crippen LogP contribution in [0.4, 0.5) is 5.69 Å². The van der Waals surface area contributed by atoms with Gasteiger partial charge in [-0.15, -0.1) is 0 Å². The molecule has 1 aromatic rings. The smallest absolute Gasteiger partial charge is 0.290 e. The first-order chi connectivity index (χ1) is 14.0. The second-order valence-corrected chi connectivity index (χ2v) is 8.37. The van der Waals surface area contributed by atoms with Crippen LogP contribution in [0.1, 0.15) is 25.3 Å². The average Bonchev–Trinajstić information content (AvgIpc) is 3.54. The molecule has 3 fully saturated rings. The van der Waals surface area contributed by atoms with Crippen molar-refractivity contribution in [2.45, 2.75) is 38.8 Å². The summed E-state index contributed by atoms with van der Waals surface area (Å²) in [5.41, 5.74) is 2.61. The zero-order valence-corrected chi connectivity index (χ0v) is 17.7. The highest BCUT2D eigenvalue weighted by Gasteiger charge is 2.35. The van der Waals surface area contributed by atoms with Crippen molar-refractivity contribution in [3.05, 3.63) is 29.8 Å². The summed E-state index contributed by atoms with van der Waals surface area (Å²) in [4.78, 5) is 30.6. The number of aryl methyl sites for hydroxylation is 1. The SMILES string of the molecule is Cc1cccc(N2CCN(CC(=O)N3CCN(C4CC4)CC3C)CC2)c1.O=CO. The van der Waals surface area contributed by atoms with E-state index in [0.29, 0.717) is 18.5 Å². The van der Waals surface area contributed by atoms with Crippen molar-refractivity contribution in [3.63, 3.8) is 0 Å². The molecule has 1 atom stereocenters. The fourth-order valence-electron chi connectivity index (χ4n) is 4.40. The van der Waals surface area contributed by atoms with E-state index in [1.165, 1.54) is 24.1 Å². The van der Waals surface area contributed by atoms with Crippen LogP contribution in [0, 0.1) is 6.92 Å². The lowest BCUT2D eigenvalue weighted by Gasteiger charge is -2.42. The molecule has 4 rings (SSSR count). The minimum absolute atomic E-state index is 0.250. The lowest BCUT2D eigenvalue weighted by atomic mass is 10.1. The van der Waals surface area contributed by atoms with Crippen molar-refractivity contribution >= 4 is 18.1 Å². The van der Waals surface area contributed by atoms with Crippen LogP contribution in [0.25, 0.3) is 0 Å². The summed E-state index contributed by atoms with van der Waals surface area (Å²) in [6.07, 6.45) is 2.71. The van der Waals surface area contributed by atoms with Crippen LogP contribution in [0.15, 0.2) is 24.3 Å². The molecule has 7 heteroatoms. The summed E-state index contributed by atoms with van der Waals surface area (Å²) in [6, 6.07) is 9.87. The molecular formula is C22H34N4O3. The number of carboxylic acid groups (broad SMARTS) is 1. The zero-order chi connectivity index (χ0) is 20.8. The minimum Gasteiger partial charge on any atom is -0.483 e. The Balaban J connectivity index is 0.000000755. The molecule has 29 heavy (non-hydrogen) atoms. The molecule has 2 saturated heterocycles. The predicted octanol–water partition coefficient (Wildman–Crippen LogP) is 1.51. The van der Waals surface area contributed by atoms with Crippen LogP contribution in [0.2, 0.25) is 0 Å². The van der Waals surface area contributed by atoms with Crippen LogP contribution in [-0.2, 0) is 9.59 Å². The third kappa shape index (κ3) is 5.93. The molecule has 2 heterocycles. The molecule has 1 unspecified atom stereocenters. The molecule has 3 aliphatic rings. The third-order valence-electron chi connectivity index (χ3n) is 6.14. The van der Waals surface area contributed by atoms with Crippen LogP contribution in [0.3, 0.4) is 0 Å². The summed E-state index contributed by atoms with van der Waals surface area (Å²) in [7, 11) is 0. The Morgan fingerprint density at radius 2 is 1.83 bits per heavy atom. The van der Waals surface area contributed by atoms with E-state index in [4.69, 9.17) is 9.90 Å². The van der Waals surface area contributed by atoms with Gasteiger partial charge in [-0.25, -0.2) is 0 Å². The van der Waals surface area contributed by atoms with Crippen molar-refractivity contribution in [2.24, 2.45) is 0 Å². The van der Waals surface area contributed by atoms with E-state index in [-0.39, 0.29) is 6.47 Å². The Kier molecular flexibility index (Phi) is 7.50. The van der Waals surface area contributed by atoms with Crippen molar-refractivity contribution in [1.82, 2.24) is 14.7 Å². The molecule has 1 amide bonds. The Morgan fingerprint density at radius 3 is 2.41 bits per heavy atom. The van der Waals surface area contributed by atoms with Gasteiger partial charge >= 0.3 is 0 Å². The van der Waals surface area contributed by atoms with Crippen molar-refractivity contribution in [2.75, 3.05) is 57.3 Å². The number of hydrogen-bond acceptors (Lipinski definition) is 5. The van der Waals surface area contributed by atoms with Crippen molar-refractivity contribution in [3.8, 4) is 0 Å². The molecule has 7 nitrogen and oxygen atoms in total. The first-order valence-electron chi connectivity index (χ1n) is 10.7. The van der Waals surface area contributed by atoms with Crippen LogP contribution in [-0.4, -0.2) is 96.6 Å². The fourth-order valence-corrected chi connectivity index (χ4v) is 4.40. The molecule has 2 aliphatic heterocycles. The minimum atomic E-state index is -0.250. The number of hydrogen-bond donors (Lipinski definition) is 1. The molecule has 0 radical (unpaired) electrons. The van der Waals surface area contributed by atoms with E-state index in [2.05, 4.69) is 57.7 Å². The second-order valence-electron chi connectivity index (χ2n) is 8.37. The molecule has 0 aromatic heterocycles. The number of anilines is 1. The summed E-state index contributed by atoms with van der Waals surface area (Å²) in [5, 5.41) is 6.89. The first-order valence-corrected chi connectivity index (χ1v) is 10.7. The van der Waals surface area contributed by atoms with Gasteiger partial charge in [-0.3, -0.25) is 19.4 Å². The van der Waals surface area contributed by atoms with Gasteiger partial charge in [-0.05, 0) is 44.4 Å². The lowest BCUT2D eigenvalue weighted by Crippen LogP contribution is -2.57. The number of rotatable bonds is 4. The monoisotopic (exact) mass is 402 g/mol. The molecular weight excluding hydrogens is 368 g/mol. The van der Waals surface area contributed by atoms with E-state index in [1.807, 2.05) is 0 Å². The van der Waals surface area contributed by atoms with E-state index >= 15 is 0 Å². The Labute approximate surface area is 173 Å². The number of carbonyl (C=O) groups excluding carboxylic acids is 1. The summed E-state index contributed by atoms with van der Waals surface area (Å²) >= 11 is 0. The first kappa shape index (κ1) is 21.6. The van der Waals surface area contributed by atoms with Gasteiger partial charge in [-0.2, -0.15) is 0 Å². The van der Waals surface area contributed by atoms with Crippen LogP contribution < -0.4 is 4.90 Å². The van der Waals surface area contributed by atoms with Crippen molar-refractivity contribution in [1.29, 1.82) is 0 Å². The third-order valence-corrected chi connectivity index (χ3v) is 6.14. The topological polar surface area (TPSA) is 67.3 Å². The van der Waals surface area contributed by atoms with Gasteiger partial charge in [-0.1, -0.05) is 12.1 Å². The molecule has 1 N–H and O–H groups in total. The van der Waals surface area contributed by atoms with E-state index < -0.39 is 0 Å². The second kappa shape index (κ2) is 10.1. The Bertz CT molecular complexity index is 686. The summed E-state index contributed by atoms with van der Waals surface area (Å²) in [5.74, 6) is 0.317. The quantitative estimate of drug-likeness (QED) is 0.770. The predicted molar refractivity (Wildman–Crippen MR) is 114 cm³/mol. The molecule has 0 spiro atoms. The van der Waals surface area contributed by atoms with Gasteiger partial charge in [0.05, 0.1) is 6.54 Å². The summed E-state index contributed by atoms with van der Waals surface area (Å²) < 4.78 is 0. The number of nitrogens with zero attached hydrogens (tertiary/aromatic N) is 4. The maximum Gasteiger partial charge on any atom is 0.290 e. The highest BCUT2D eigenvalue weighted by molar-refractivity contribution is 5.78. The fraction of sp³-hybridized carbons (Fsp3) is 0.636. The van der Waals surface area contributed by atoms with Gasteiger partial charge in [0.2, 0.25) is 5.91 Å². The van der Waals surface area contributed by atoms with Crippen molar-refractivity contribution < 1.29 is 14.7 Å². The number of benzene rings is 1. The van der Waals surface area contributed by atoms with Crippen LogP contribution >= 0.6 is 0 Å². The Hall–Kier alpha value is -2.12. The van der Waals surface area contributed by atoms with Gasteiger partial charge in [0.25, 0.3) is 6.47 Å². The summed E-state index contributed by atoms with van der Waals surface area (Å²) in [6.45, 7) is 11.6. The lowest BCUT2D eigenvalue weighted by molar-refractivity contribution is -0.137. The van der Waals surface area contributed by atoms with E-state index in [1.54, 1.807) is 0 Å². The molecule has 1 aliphatic carbocycles. The standard InChI is InChI=1S/C21H32N4O.CH2O2/c1-17-4-3-5-20(14-17)23-10-8-22(9-11-23)16-21(26)25-13-12-24(15-18(25)2)19-6-7-19;2-1-3/h3-5,14,18-19H,6-13,15-16H2,1-2H3;1H,(H,2,3).